The summed E-state index contributed by atoms with van der Waals surface area (Å²) in [5.41, 5.74) is 3.17. The third kappa shape index (κ3) is 5.70. The van der Waals surface area contributed by atoms with Crippen molar-refractivity contribution in [2.24, 2.45) is 5.92 Å². The van der Waals surface area contributed by atoms with E-state index in [4.69, 9.17) is 16.3 Å². The highest BCUT2D eigenvalue weighted by atomic mass is 35.5. The minimum atomic E-state index is -3.67. The largest absolute Gasteiger partial charge is 0.496 e. The summed E-state index contributed by atoms with van der Waals surface area (Å²) in [5.74, 6) is 0.610. The molecule has 0 aromatic heterocycles. The predicted molar refractivity (Wildman–Crippen MR) is 131 cm³/mol. The van der Waals surface area contributed by atoms with E-state index in [0.29, 0.717) is 24.4 Å². The second kappa shape index (κ2) is 10.5. The van der Waals surface area contributed by atoms with Crippen molar-refractivity contribution in [2.45, 2.75) is 57.4 Å². The van der Waals surface area contributed by atoms with E-state index in [-0.39, 0.29) is 29.3 Å². The Morgan fingerprint density at radius 2 is 1.82 bits per heavy atom. The zero-order valence-corrected chi connectivity index (χ0v) is 21.5. The number of benzene rings is 2. The maximum absolute atomic E-state index is 13.1. The predicted octanol–water partition coefficient (Wildman–Crippen LogP) is 5.06. The first-order valence-corrected chi connectivity index (χ1v) is 13.1. The van der Waals surface area contributed by atoms with E-state index in [1.165, 1.54) is 16.4 Å². The molecule has 1 heterocycles. The van der Waals surface area contributed by atoms with Crippen LogP contribution in [0, 0.1) is 12.8 Å². The number of ether oxygens (including phenoxy) is 1. The molecule has 1 aliphatic rings. The zero-order chi connectivity index (χ0) is 24.3. The van der Waals surface area contributed by atoms with Gasteiger partial charge in [-0.1, -0.05) is 25.4 Å². The Labute approximate surface area is 202 Å². The van der Waals surface area contributed by atoms with Crippen molar-refractivity contribution in [3.05, 3.63) is 58.1 Å². The number of halogens is 1. The van der Waals surface area contributed by atoms with Crippen molar-refractivity contribution in [3.8, 4) is 5.75 Å². The van der Waals surface area contributed by atoms with Gasteiger partial charge >= 0.3 is 0 Å². The number of methoxy groups -OCH3 is 1. The molecule has 0 saturated carbocycles. The summed E-state index contributed by atoms with van der Waals surface area (Å²) in [6, 6.07) is 10.0. The molecule has 0 spiro atoms. The number of hydrogen-bond donors (Lipinski definition) is 1. The summed E-state index contributed by atoms with van der Waals surface area (Å²) in [6.45, 7) is 8.76. The average molecular weight is 493 g/mol. The molecule has 2 aromatic carbocycles. The fourth-order valence-corrected chi connectivity index (χ4v) is 6.00. The van der Waals surface area contributed by atoms with Crippen molar-refractivity contribution in [2.75, 3.05) is 20.2 Å². The normalized spacial score (nSPS) is 18.2. The van der Waals surface area contributed by atoms with Crippen LogP contribution in [0.3, 0.4) is 0 Å². The van der Waals surface area contributed by atoms with E-state index in [0.717, 1.165) is 22.4 Å². The first-order chi connectivity index (χ1) is 15.5. The van der Waals surface area contributed by atoms with Crippen LogP contribution in [-0.4, -0.2) is 38.8 Å². The van der Waals surface area contributed by atoms with Crippen LogP contribution in [0.4, 0.5) is 0 Å². The molecule has 1 N–H and O–H groups in total. The Bertz CT molecular complexity index is 1100. The van der Waals surface area contributed by atoms with Gasteiger partial charge in [-0.05, 0) is 85.7 Å². The minimum absolute atomic E-state index is 0.125. The SMILES string of the molecule is COc1cc(C)c(C(C)NC(=O)C2CCCN(S(=O)(=O)c3ccc(Cl)cc3)C2)cc1C(C)C. The molecule has 0 radical (unpaired) electrons. The lowest BCUT2D eigenvalue weighted by atomic mass is 9.92. The molecule has 180 valence electrons. The van der Waals surface area contributed by atoms with Crippen LogP contribution in [0.15, 0.2) is 41.3 Å². The number of carbonyl (C=O) groups is 1. The van der Waals surface area contributed by atoms with Gasteiger partial charge in [0.05, 0.1) is 24.0 Å². The van der Waals surface area contributed by atoms with Crippen LogP contribution < -0.4 is 10.1 Å². The van der Waals surface area contributed by atoms with E-state index in [1.807, 2.05) is 19.9 Å². The second-order valence-electron chi connectivity index (χ2n) is 8.99. The lowest BCUT2D eigenvalue weighted by molar-refractivity contribution is -0.126. The maximum atomic E-state index is 13.1. The van der Waals surface area contributed by atoms with Crippen LogP contribution in [-0.2, 0) is 14.8 Å². The molecule has 3 rings (SSSR count). The van der Waals surface area contributed by atoms with Crippen molar-refractivity contribution in [1.82, 2.24) is 9.62 Å². The van der Waals surface area contributed by atoms with Gasteiger partial charge in [0.2, 0.25) is 15.9 Å². The fraction of sp³-hybridized carbons (Fsp3) is 0.480. The van der Waals surface area contributed by atoms with Crippen LogP contribution >= 0.6 is 11.6 Å². The quantitative estimate of drug-likeness (QED) is 0.586. The summed E-state index contributed by atoms with van der Waals surface area (Å²) in [6.07, 6.45) is 1.29. The van der Waals surface area contributed by atoms with Gasteiger partial charge in [0.25, 0.3) is 0 Å². The average Bonchev–Trinajstić information content (AvgIpc) is 2.78. The Kier molecular flexibility index (Phi) is 8.08. The van der Waals surface area contributed by atoms with E-state index in [2.05, 4.69) is 25.2 Å². The molecule has 2 atom stereocenters. The number of hydrogen-bond acceptors (Lipinski definition) is 4. The van der Waals surface area contributed by atoms with Gasteiger partial charge in [0, 0.05) is 18.1 Å². The number of nitrogens with one attached hydrogen (secondary N) is 1. The molecule has 2 unspecified atom stereocenters. The summed E-state index contributed by atoms with van der Waals surface area (Å²) >= 11 is 5.90. The summed E-state index contributed by atoms with van der Waals surface area (Å²) in [7, 11) is -2.01. The molecule has 1 saturated heterocycles. The smallest absolute Gasteiger partial charge is 0.243 e. The van der Waals surface area contributed by atoms with E-state index in [9.17, 15) is 13.2 Å². The number of aryl methyl sites for hydroxylation is 1. The minimum Gasteiger partial charge on any atom is -0.496 e. The molecular weight excluding hydrogens is 460 g/mol. The molecule has 1 aliphatic heterocycles. The highest BCUT2D eigenvalue weighted by Gasteiger charge is 2.34. The Balaban J connectivity index is 1.74. The number of sulfonamides is 1. The highest BCUT2D eigenvalue weighted by molar-refractivity contribution is 7.89. The summed E-state index contributed by atoms with van der Waals surface area (Å²) in [5, 5.41) is 3.59. The molecule has 6 nitrogen and oxygen atoms in total. The van der Waals surface area contributed by atoms with Crippen LogP contribution in [0.5, 0.6) is 5.75 Å². The maximum Gasteiger partial charge on any atom is 0.243 e. The molecule has 1 fully saturated rings. The summed E-state index contributed by atoms with van der Waals surface area (Å²) < 4.78 is 33.0. The monoisotopic (exact) mass is 492 g/mol. The highest BCUT2D eigenvalue weighted by Crippen LogP contribution is 2.32. The van der Waals surface area contributed by atoms with Crippen LogP contribution in [0.2, 0.25) is 5.02 Å². The van der Waals surface area contributed by atoms with Gasteiger partial charge in [-0.2, -0.15) is 4.31 Å². The van der Waals surface area contributed by atoms with Crippen molar-refractivity contribution in [1.29, 1.82) is 0 Å². The van der Waals surface area contributed by atoms with Gasteiger partial charge in [-0.25, -0.2) is 8.42 Å². The fourth-order valence-electron chi connectivity index (χ4n) is 4.35. The topological polar surface area (TPSA) is 75.7 Å². The van der Waals surface area contributed by atoms with Crippen molar-refractivity contribution >= 4 is 27.5 Å². The second-order valence-corrected chi connectivity index (χ2v) is 11.4. The molecule has 8 heteroatoms. The van der Waals surface area contributed by atoms with Crippen LogP contribution in [0.1, 0.15) is 62.3 Å². The van der Waals surface area contributed by atoms with Gasteiger partial charge in [0.15, 0.2) is 0 Å². The first kappa shape index (κ1) is 25.5. The van der Waals surface area contributed by atoms with Crippen molar-refractivity contribution < 1.29 is 17.9 Å². The van der Waals surface area contributed by atoms with Gasteiger partial charge in [-0.15, -0.1) is 0 Å². The zero-order valence-electron chi connectivity index (χ0n) is 19.9. The molecule has 1 amide bonds. The van der Waals surface area contributed by atoms with Gasteiger partial charge < -0.3 is 10.1 Å². The van der Waals surface area contributed by atoms with Crippen molar-refractivity contribution in [3.63, 3.8) is 0 Å². The van der Waals surface area contributed by atoms with E-state index < -0.39 is 15.9 Å². The lowest BCUT2D eigenvalue weighted by Crippen LogP contribution is -2.45. The van der Waals surface area contributed by atoms with E-state index >= 15 is 0 Å². The van der Waals surface area contributed by atoms with E-state index in [1.54, 1.807) is 19.2 Å². The lowest BCUT2D eigenvalue weighted by Gasteiger charge is -2.32. The first-order valence-electron chi connectivity index (χ1n) is 11.3. The number of carbonyl (C=O) groups excluding carboxylic acids is 1. The Hall–Kier alpha value is -2.09. The molecule has 0 bridgehead atoms. The molecule has 0 aliphatic carbocycles. The standard InChI is InChI=1S/C25H33ClN2O4S/c1-16(2)22-14-23(17(3)13-24(22)32-5)18(4)27-25(29)19-7-6-12-28(15-19)33(30,31)21-10-8-20(26)9-11-21/h8-11,13-14,16,18-19H,6-7,12,15H2,1-5H3,(H,27,29). The third-order valence-electron chi connectivity index (χ3n) is 6.27. The number of nitrogens with zero attached hydrogens (tertiary/aromatic N) is 1. The third-order valence-corrected chi connectivity index (χ3v) is 8.40. The number of piperidine rings is 1. The molecule has 33 heavy (non-hydrogen) atoms. The Morgan fingerprint density at radius 1 is 1.15 bits per heavy atom. The molecular formula is C25H33ClN2O4S. The van der Waals surface area contributed by atoms with Gasteiger partial charge in [0.1, 0.15) is 5.75 Å². The number of amides is 1. The number of rotatable bonds is 7. The van der Waals surface area contributed by atoms with Crippen LogP contribution in [0.25, 0.3) is 0 Å². The molecule has 2 aromatic rings. The Morgan fingerprint density at radius 3 is 2.42 bits per heavy atom. The summed E-state index contributed by atoms with van der Waals surface area (Å²) in [4.78, 5) is 13.3. The van der Waals surface area contributed by atoms with Gasteiger partial charge in [-0.3, -0.25) is 4.79 Å².